The standard InChI is InChI=1S/C16H24N2OS.ClH/c1-12(2)20-15-6-4-3-5-14(15)18-16(19)8-7-13-9-10-17-11-13;/h3-6,12-13,17H,7-11H2,1-2H3,(H,18,19);1H. The summed E-state index contributed by atoms with van der Waals surface area (Å²) in [6.45, 7) is 6.49. The number of para-hydroxylation sites is 1. The summed E-state index contributed by atoms with van der Waals surface area (Å²) in [4.78, 5) is 13.2. The van der Waals surface area contributed by atoms with Crippen LogP contribution in [-0.4, -0.2) is 24.2 Å². The lowest BCUT2D eigenvalue weighted by Gasteiger charge is -2.13. The fourth-order valence-corrected chi connectivity index (χ4v) is 3.35. The summed E-state index contributed by atoms with van der Waals surface area (Å²) in [5.74, 6) is 0.801. The molecule has 21 heavy (non-hydrogen) atoms. The number of anilines is 1. The Kier molecular flexibility index (Phi) is 8.15. The summed E-state index contributed by atoms with van der Waals surface area (Å²) in [6.07, 6.45) is 2.80. The van der Waals surface area contributed by atoms with Crippen LogP contribution in [0.2, 0.25) is 0 Å². The number of thioether (sulfide) groups is 1. The number of benzene rings is 1. The molecule has 0 aliphatic carbocycles. The summed E-state index contributed by atoms with van der Waals surface area (Å²) in [7, 11) is 0. The Bertz CT molecular complexity index is 448. The van der Waals surface area contributed by atoms with Gasteiger partial charge < -0.3 is 10.6 Å². The topological polar surface area (TPSA) is 41.1 Å². The summed E-state index contributed by atoms with van der Waals surface area (Å²) in [5, 5.41) is 6.91. The molecule has 0 aromatic heterocycles. The van der Waals surface area contributed by atoms with Gasteiger partial charge in [0.1, 0.15) is 0 Å². The van der Waals surface area contributed by atoms with E-state index >= 15 is 0 Å². The maximum atomic E-state index is 12.1. The highest BCUT2D eigenvalue weighted by molar-refractivity contribution is 8.00. The first-order valence-corrected chi connectivity index (χ1v) is 8.29. The maximum absolute atomic E-state index is 12.1. The van der Waals surface area contributed by atoms with E-state index in [0.29, 0.717) is 17.6 Å². The average molecular weight is 329 g/mol. The highest BCUT2D eigenvalue weighted by Gasteiger charge is 2.16. The minimum atomic E-state index is 0. The third kappa shape index (κ3) is 6.29. The number of carbonyl (C=O) groups excluding carboxylic acids is 1. The van der Waals surface area contributed by atoms with Gasteiger partial charge in [0.2, 0.25) is 5.91 Å². The van der Waals surface area contributed by atoms with Crippen LogP contribution in [0.4, 0.5) is 5.69 Å². The van der Waals surface area contributed by atoms with Crippen molar-refractivity contribution in [3.63, 3.8) is 0 Å². The molecular formula is C16H25ClN2OS. The third-order valence-corrected chi connectivity index (χ3v) is 4.55. The van der Waals surface area contributed by atoms with Gasteiger partial charge in [-0.05, 0) is 44.0 Å². The third-order valence-electron chi connectivity index (χ3n) is 3.47. The molecule has 1 aromatic rings. The van der Waals surface area contributed by atoms with Crippen molar-refractivity contribution < 1.29 is 4.79 Å². The van der Waals surface area contributed by atoms with E-state index in [1.165, 1.54) is 6.42 Å². The summed E-state index contributed by atoms with van der Waals surface area (Å²) < 4.78 is 0. The first kappa shape index (κ1) is 18.3. The zero-order valence-corrected chi connectivity index (χ0v) is 14.4. The van der Waals surface area contributed by atoms with Crippen molar-refractivity contribution in [1.82, 2.24) is 5.32 Å². The fraction of sp³-hybridized carbons (Fsp3) is 0.562. The molecule has 1 fully saturated rings. The lowest BCUT2D eigenvalue weighted by Crippen LogP contribution is -2.15. The largest absolute Gasteiger partial charge is 0.325 e. The van der Waals surface area contributed by atoms with Crippen molar-refractivity contribution in [3.8, 4) is 0 Å². The molecule has 0 radical (unpaired) electrons. The first-order valence-electron chi connectivity index (χ1n) is 7.41. The van der Waals surface area contributed by atoms with Crippen molar-refractivity contribution in [2.24, 2.45) is 5.92 Å². The van der Waals surface area contributed by atoms with Crippen LogP contribution in [0.15, 0.2) is 29.2 Å². The van der Waals surface area contributed by atoms with Crippen LogP contribution in [-0.2, 0) is 4.79 Å². The molecule has 1 aromatic carbocycles. The van der Waals surface area contributed by atoms with Gasteiger partial charge in [0.15, 0.2) is 0 Å². The molecule has 0 saturated carbocycles. The summed E-state index contributed by atoms with van der Waals surface area (Å²) in [6, 6.07) is 8.05. The Morgan fingerprint density at radius 2 is 2.19 bits per heavy atom. The normalized spacial score (nSPS) is 17.6. The smallest absolute Gasteiger partial charge is 0.224 e. The minimum absolute atomic E-state index is 0. The van der Waals surface area contributed by atoms with Crippen LogP contribution >= 0.6 is 24.2 Å². The number of hydrogen-bond donors (Lipinski definition) is 2. The number of hydrogen-bond acceptors (Lipinski definition) is 3. The average Bonchev–Trinajstić information content (AvgIpc) is 2.91. The van der Waals surface area contributed by atoms with E-state index in [0.717, 1.165) is 30.1 Å². The highest BCUT2D eigenvalue weighted by atomic mass is 35.5. The number of halogens is 1. The van der Waals surface area contributed by atoms with E-state index in [9.17, 15) is 4.79 Å². The van der Waals surface area contributed by atoms with E-state index in [1.807, 2.05) is 18.2 Å². The fourth-order valence-electron chi connectivity index (χ4n) is 2.44. The molecule has 2 rings (SSSR count). The Hall–Kier alpha value is -0.710. The molecule has 118 valence electrons. The molecular weight excluding hydrogens is 304 g/mol. The van der Waals surface area contributed by atoms with Crippen molar-refractivity contribution >= 4 is 35.8 Å². The van der Waals surface area contributed by atoms with E-state index in [2.05, 4.69) is 30.5 Å². The van der Waals surface area contributed by atoms with E-state index < -0.39 is 0 Å². The quantitative estimate of drug-likeness (QED) is 0.777. The molecule has 1 amide bonds. The monoisotopic (exact) mass is 328 g/mol. The molecule has 1 saturated heterocycles. The van der Waals surface area contributed by atoms with Gasteiger partial charge >= 0.3 is 0 Å². The van der Waals surface area contributed by atoms with Gasteiger partial charge in [0.25, 0.3) is 0 Å². The molecule has 1 heterocycles. The van der Waals surface area contributed by atoms with Crippen molar-refractivity contribution in [1.29, 1.82) is 0 Å². The molecule has 0 spiro atoms. The molecule has 3 nitrogen and oxygen atoms in total. The number of carbonyl (C=O) groups is 1. The predicted octanol–water partition coefficient (Wildman–Crippen LogP) is 3.94. The molecule has 0 bridgehead atoms. The van der Waals surface area contributed by atoms with Crippen LogP contribution in [0.1, 0.15) is 33.1 Å². The van der Waals surface area contributed by atoms with Crippen molar-refractivity contribution in [2.75, 3.05) is 18.4 Å². The van der Waals surface area contributed by atoms with Gasteiger partial charge in [0.05, 0.1) is 5.69 Å². The van der Waals surface area contributed by atoms with Gasteiger partial charge in [-0.1, -0.05) is 26.0 Å². The van der Waals surface area contributed by atoms with Gasteiger partial charge in [-0.15, -0.1) is 24.2 Å². The van der Waals surface area contributed by atoms with Crippen molar-refractivity contribution in [2.45, 2.75) is 43.3 Å². The lowest BCUT2D eigenvalue weighted by atomic mass is 10.0. The van der Waals surface area contributed by atoms with Gasteiger partial charge in [0, 0.05) is 16.6 Å². The Morgan fingerprint density at radius 3 is 2.86 bits per heavy atom. The number of rotatable bonds is 6. The maximum Gasteiger partial charge on any atom is 0.224 e. The molecule has 5 heteroatoms. The second-order valence-corrected chi connectivity index (χ2v) is 7.23. The SMILES string of the molecule is CC(C)Sc1ccccc1NC(=O)CCC1CCNC1.Cl. The van der Waals surface area contributed by atoms with Gasteiger partial charge in [-0.3, -0.25) is 4.79 Å². The van der Waals surface area contributed by atoms with Crippen LogP contribution < -0.4 is 10.6 Å². The zero-order valence-electron chi connectivity index (χ0n) is 12.7. The highest BCUT2D eigenvalue weighted by Crippen LogP contribution is 2.30. The van der Waals surface area contributed by atoms with Crippen LogP contribution in [0.5, 0.6) is 0 Å². The molecule has 1 atom stereocenters. The number of amides is 1. The van der Waals surface area contributed by atoms with Crippen molar-refractivity contribution in [3.05, 3.63) is 24.3 Å². The van der Waals surface area contributed by atoms with Gasteiger partial charge in [-0.25, -0.2) is 0 Å². The zero-order chi connectivity index (χ0) is 14.4. The van der Waals surface area contributed by atoms with Crippen LogP contribution in [0.3, 0.4) is 0 Å². The Labute approximate surface area is 138 Å². The van der Waals surface area contributed by atoms with E-state index in [4.69, 9.17) is 0 Å². The predicted molar refractivity (Wildman–Crippen MR) is 93.5 cm³/mol. The minimum Gasteiger partial charge on any atom is -0.325 e. The molecule has 1 unspecified atom stereocenters. The van der Waals surface area contributed by atoms with Crippen LogP contribution in [0.25, 0.3) is 0 Å². The summed E-state index contributed by atoms with van der Waals surface area (Å²) in [5.41, 5.74) is 0.945. The van der Waals surface area contributed by atoms with E-state index in [-0.39, 0.29) is 18.3 Å². The van der Waals surface area contributed by atoms with E-state index in [1.54, 1.807) is 11.8 Å². The molecule has 1 aliphatic rings. The second-order valence-electron chi connectivity index (χ2n) is 5.61. The van der Waals surface area contributed by atoms with Gasteiger partial charge in [-0.2, -0.15) is 0 Å². The summed E-state index contributed by atoms with van der Waals surface area (Å²) >= 11 is 1.79. The van der Waals surface area contributed by atoms with Crippen LogP contribution in [0, 0.1) is 5.92 Å². The Balaban J connectivity index is 0.00000220. The Morgan fingerprint density at radius 1 is 1.43 bits per heavy atom. The number of nitrogens with one attached hydrogen (secondary N) is 2. The molecule has 2 N–H and O–H groups in total. The first-order chi connectivity index (χ1) is 9.65. The second kappa shape index (κ2) is 9.34. The molecule has 1 aliphatic heterocycles. The lowest BCUT2D eigenvalue weighted by molar-refractivity contribution is -0.116.